The van der Waals surface area contributed by atoms with Gasteiger partial charge in [0.05, 0.1) is 5.57 Å². The number of amides is 1. The standard InChI is InChI=1S/C22H31NO2/c1-12(2)8-17-11-19(22(25)23-17)21(24)20-15(5)14(4)10-16-9-13(3)6-7-18(16)20/h6,10-12,15-18,20H,7-9H2,1-5H3,(H,23,25)/t15?,16?,17-,18?,20?/m0/s1. The molecule has 1 heterocycles. The minimum absolute atomic E-state index is 0.00581. The minimum Gasteiger partial charge on any atom is -0.346 e. The molecule has 0 bridgehead atoms. The molecule has 5 atom stereocenters. The molecule has 0 saturated heterocycles. The Kier molecular flexibility index (Phi) is 5.04. The Morgan fingerprint density at radius 3 is 2.68 bits per heavy atom. The van der Waals surface area contributed by atoms with Gasteiger partial charge in [-0.05, 0) is 62.9 Å². The zero-order valence-corrected chi connectivity index (χ0v) is 16.1. The third-order valence-electron chi connectivity index (χ3n) is 6.26. The number of hydrogen-bond donors (Lipinski definition) is 1. The molecule has 0 saturated carbocycles. The van der Waals surface area contributed by atoms with Gasteiger partial charge in [0, 0.05) is 12.0 Å². The molecule has 4 unspecified atom stereocenters. The number of hydrogen-bond acceptors (Lipinski definition) is 2. The van der Waals surface area contributed by atoms with E-state index in [4.69, 9.17) is 0 Å². The van der Waals surface area contributed by atoms with Crippen LogP contribution in [-0.4, -0.2) is 17.7 Å². The smallest absolute Gasteiger partial charge is 0.255 e. The predicted octanol–water partition coefficient (Wildman–Crippen LogP) is 4.21. The molecule has 25 heavy (non-hydrogen) atoms. The summed E-state index contributed by atoms with van der Waals surface area (Å²) in [5.74, 6) is 1.28. The molecule has 3 aliphatic rings. The number of allylic oxidation sites excluding steroid dienone is 4. The summed E-state index contributed by atoms with van der Waals surface area (Å²) in [4.78, 5) is 25.8. The first-order valence-electron chi connectivity index (χ1n) is 9.68. The first kappa shape index (κ1) is 18.2. The van der Waals surface area contributed by atoms with E-state index in [0.717, 1.165) is 19.3 Å². The molecular formula is C22H31NO2. The zero-order valence-electron chi connectivity index (χ0n) is 16.1. The monoisotopic (exact) mass is 341 g/mol. The van der Waals surface area contributed by atoms with Crippen molar-refractivity contribution in [3.63, 3.8) is 0 Å². The second-order valence-electron chi connectivity index (χ2n) is 8.70. The summed E-state index contributed by atoms with van der Waals surface area (Å²) >= 11 is 0. The largest absolute Gasteiger partial charge is 0.346 e. The highest BCUT2D eigenvalue weighted by Gasteiger charge is 2.44. The fourth-order valence-electron chi connectivity index (χ4n) is 4.85. The molecule has 2 aliphatic carbocycles. The van der Waals surface area contributed by atoms with Crippen LogP contribution in [0.3, 0.4) is 0 Å². The second kappa shape index (κ2) is 6.93. The van der Waals surface area contributed by atoms with E-state index in [2.05, 4.69) is 52.1 Å². The first-order chi connectivity index (χ1) is 11.8. The van der Waals surface area contributed by atoms with E-state index in [1.165, 1.54) is 11.1 Å². The van der Waals surface area contributed by atoms with Crippen LogP contribution in [0.25, 0.3) is 0 Å². The molecule has 1 amide bonds. The number of fused-ring (bicyclic) bond motifs is 1. The summed E-state index contributed by atoms with van der Waals surface area (Å²) in [6.45, 7) is 10.7. The van der Waals surface area contributed by atoms with E-state index in [1.54, 1.807) is 0 Å². The van der Waals surface area contributed by atoms with Gasteiger partial charge in [-0.1, -0.05) is 44.1 Å². The Labute approximate surface area is 151 Å². The summed E-state index contributed by atoms with van der Waals surface area (Å²) in [5.41, 5.74) is 3.12. The van der Waals surface area contributed by atoms with Crippen LogP contribution in [0, 0.1) is 29.6 Å². The number of ketones is 1. The molecule has 0 fully saturated rings. The molecule has 0 aromatic rings. The van der Waals surface area contributed by atoms with Crippen LogP contribution in [0.2, 0.25) is 0 Å². The molecule has 0 spiro atoms. The number of rotatable bonds is 4. The third-order valence-corrected chi connectivity index (χ3v) is 6.26. The normalized spacial score (nSPS) is 34.9. The third kappa shape index (κ3) is 3.51. The van der Waals surface area contributed by atoms with E-state index in [-0.39, 0.29) is 29.6 Å². The molecule has 136 valence electrons. The Bertz CT molecular complexity index is 668. The lowest BCUT2D eigenvalue weighted by atomic mass is 9.61. The van der Waals surface area contributed by atoms with Crippen molar-refractivity contribution in [3.05, 3.63) is 34.9 Å². The number of Topliss-reactive ketones (excluding diaryl/α,β-unsaturated/α-hetero) is 1. The zero-order chi connectivity index (χ0) is 18.3. The predicted molar refractivity (Wildman–Crippen MR) is 101 cm³/mol. The summed E-state index contributed by atoms with van der Waals surface area (Å²) in [7, 11) is 0. The molecular weight excluding hydrogens is 310 g/mol. The number of carbonyl (C=O) groups excluding carboxylic acids is 2. The molecule has 0 aromatic carbocycles. The van der Waals surface area contributed by atoms with Gasteiger partial charge in [0.25, 0.3) is 5.91 Å². The molecule has 0 aromatic heterocycles. The van der Waals surface area contributed by atoms with Crippen molar-refractivity contribution in [2.24, 2.45) is 29.6 Å². The highest BCUT2D eigenvalue weighted by atomic mass is 16.2. The van der Waals surface area contributed by atoms with E-state index in [9.17, 15) is 9.59 Å². The van der Waals surface area contributed by atoms with Gasteiger partial charge in [0.1, 0.15) is 0 Å². The lowest BCUT2D eigenvalue weighted by molar-refractivity contribution is -0.126. The van der Waals surface area contributed by atoms with E-state index in [0.29, 0.717) is 23.3 Å². The van der Waals surface area contributed by atoms with Gasteiger partial charge in [-0.2, -0.15) is 0 Å². The van der Waals surface area contributed by atoms with Crippen LogP contribution < -0.4 is 5.32 Å². The van der Waals surface area contributed by atoms with E-state index >= 15 is 0 Å². The first-order valence-corrected chi connectivity index (χ1v) is 9.68. The van der Waals surface area contributed by atoms with Crippen LogP contribution in [0.15, 0.2) is 34.9 Å². The van der Waals surface area contributed by atoms with Gasteiger partial charge in [0.15, 0.2) is 5.78 Å². The van der Waals surface area contributed by atoms with Gasteiger partial charge >= 0.3 is 0 Å². The summed E-state index contributed by atoms with van der Waals surface area (Å²) in [6, 6.07) is 0.00581. The summed E-state index contributed by atoms with van der Waals surface area (Å²) in [6.07, 6.45) is 9.43. The highest BCUT2D eigenvalue weighted by Crippen LogP contribution is 2.46. The fraction of sp³-hybridized carbons (Fsp3) is 0.636. The second-order valence-corrected chi connectivity index (χ2v) is 8.70. The van der Waals surface area contributed by atoms with Crippen molar-refractivity contribution in [2.45, 2.75) is 59.9 Å². The van der Waals surface area contributed by atoms with Crippen LogP contribution in [0.1, 0.15) is 53.9 Å². The maximum atomic E-state index is 13.4. The molecule has 3 rings (SSSR count). The Balaban J connectivity index is 1.87. The van der Waals surface area contributed by atoms with Gasteiger partial charge in [-0.25, -0.2) is 0 Å². The van der Waals surface area contributed by atoms with Gasteiger partial charge in [0.2, 0.25) is 0 Å². The van der Waals surface area contributed by atoms with Crippen LogP contribution in [0.5, 0.6) is 0 Å². The van der Waals surface area contributed by atoms with Crippen molar-refractivity contribution in [1.82, 2.24) is 5.32 Å². The van der Waals surface area contributed by atoms with Crippen LogP contribution in [-0.2, 0) is 9.59 Å². The van der Waals surface area contributed by atoms with Crippen molar-refractivity contribution in [2.75, 3.05) is 0 Å². The Hall–Kier alpha value is -1.64. The van der Waals surface area contributed by atoms with Crippen LogP contribution >= 0.6 is 0 Å². The Morgan fingerprint density at radius 1 is 1.28 bits per heavy atom. The highest BCUT2D eigenvalue weighted by molar-refractivity contribution is 6.21. The molecule has 0 radical (unpaired) electrons. The van der Waals surface area contributed by atoms with Crippen molar-refractivity contribution in [1.29, 1.82) is 0 Å². The van der Waals surface area contributed by atoms with E-state index in [1.807, 2.05) is 6.08 Å². The number of carbonyl (C=O) groups is 2. The van der Waals surface area contributed by atoms with Gasteiger partial charge in [-0.3, -0.25) is 9.59 Å². The maximum Gasteiger partial charge on any atom is 0.255 e. The topological polar surface area (TPSA) is 46.2 Å². The minimum atomic E-state index is -0.172. The summed E-state index contributed by atoms with van der Waals surface area (Å²) < 4.78 is 0. The van der Waals surface area contributed by atoms with E-state index < -0.39 is 0 Å². The Morgan fingerprint density at radius 2 is 2.00 bits per heavy atom. The average Bonchev–Trinajstić information content (AvgIpc) is 2.88. The van der Waals surface area contributed by atoms with Crippen LogP contribution in [0.4, 0.5) is 0 Å². The number of nitrogens with one attached hydrogen (secondary N) is 1. The lowest BCUT2D eigenvalue weighted by Crippen LogP contribution is -2.40. The quantitative estimate of drug-likeness (QED) is 0.615. The fourth-order valence-corrected chi connectivity index (χ4v) is 4.85. The lowest BCUT2D eigenvalue weighted by Gasteiger charge is -2.42. The molecule has 3 nitrogen and oxygen atoms in total. The van der Waals surface area contributed by atoms with Crippen molar-refractivity contribution < 1.29 is 9.59 Å². The average molecular weight is 341 g/mol. The van der Waals surface area contributed by atoms with Crippen molar-refractivity contribution >= 4 is 11.7 Å². The molecule has 1 N–H and O–H groups in total. The molecule has 3 heteroatoms. The maximum absolute atomic E-state index is 13.4. The van der Waals surface area contributed by atoms with Gasteiger partial charge < -0.3 is 5.32 Å². The molecule has 1 aliphatic heterocycles. The summed E-state index contributed by atoms with van der Waals surface area (Å²) in [5, 5.41) is 2.98. The van der Waals surface area contributed by atoms with Crippen molar-refractivity contribution in [3.8, 4) is 0 Å². The SMILES string of the molecule is CC1=CCC2C(C=C(C)C(C)C2C(=O)C2=C[C@H](CC(C)C)NC2=O)C1. The van der Waals surface area contributed by atoms with Gasteiger partial charge in [-0.15, -0.1) is 0 Å².